The van der Waals surface area contributed by atoms with E-state index in [-0.39, 0.29) is 0 Å². The molecule has 2 unspecified atom stereocenters. The summed E-state index contributed by atoms with van der Waals surface area (Å²) in [7, 11) is 0. The monoisotopic (exact) mass is 236 g/mol. The second-order valence-electron chi connectivity index (χ2n) is 6.49. The van der Waals surface area contributed by atoms with E-state index in [1.54, 1.807) is 0 Å². The van der Waals surface area contributed by atoms with Gasteiger partial charge in [0, 0.05) is 25.2 Å². The molecule has 1 N–H and O–H groups in total. The van der Waals surface area contributed by atoms with Crippen molar-refractivity contribution < 1.29 is 0 Å². The van der Waals surface area contributed by atoms with Gasteiger partial charge in [-0.15, -0.1) is 5.92 Å². The molecule has 1 heterocycles. The molecule has 0 aromatic rings. The van der Waals surface area contributed by atoms with Gasteiger partial charge >= 0.3 is 0 Å². The highest BCUT2D eigenvalue weighted by atomic mass is 15.2. The Bertz CT molecular complexity index is 290. The highest BCUT2D eigenvalue weighted by Crippen LogP contribution is 2.25. The van der Waals surface area contributed by atoms with Gasteiger partial charge in [0.2, 0.25) is 0 Å². The molecule has 17 heavy (non-hydrogen) atoms. The molecule has 1 aliphatic heterocycles. The van der Waals surface area contributed by atoms with E-state index in [0.29, 0.717) is 23.4 Å². The second kappa shape index (κ2) is 5.89. The van der Waals surface area contributed by atoms with Gasteiger partial charge in [-0.2, -0.15) is 0 Å². The van der Waals surface area contributed by atoms with Crippen LogP contribution in [0.4, 0.5) is 0 Å². The van der Waals surface area contributed by atoms with Crippen LogP contribution in [0.5, 0.6) is 0 Å². The molecule has 1 rings (SSSR count). The van der Waals surface area contributed by atoms with Crippen LogP contribution in [0.25, 0.3) is 0 Å². The lowest BCUT2D eigenvalue weighted by Crippen LogP contribution is -2.61. The van der Waals surface area contributed by atoms with E-state index in [9.17, 15) is 0 Å². The van der Waals surface area contributed by atoms with Crippen LogP contribution < -0.4 is 5.32 Å². The molecule has 2 heteroatoms. The lowest BCUT2D eigenvalue weighted by molar-refractivity contribution is 0.0746. The highest BCUT2D eigenvalue weighted by Gasteiger charge is 2.34. The summed E-state index contributed by atoms with van der Waals surface area (Å²) in [6.07, 6.45) is 0. The van der Waals surface area contributed by atoms with Crippen LogP contribution in [0.15, 0.2) is 0 Å². The molecule has 0 spiro atoms. The topological polar surface area (TPSA) is 15.3 Å². The summed E-state index contributed by atoms with van der Waals surface area (Å²) in [5.41, 5.74) is 0.319. The summed E-state index contributed by atoms with van der Waals surface area (Å²) in [5, 5.41) is 3.71. The fraction of sp³-hybridized carbons (Fsp3) is 0.867. The molecule has 0 aromatic carbocycles. The summed E-state index contributed by atoms with van der Waals surface area (Å²) in [6.45, 7) is 16.6. The lowest BCUT2D eigenvalue weighted by Gasteiger charge is -2.45. The number of hydrogen-bond acceptors (Lipinski definition) is 2. The molecule has 0 bridgehead atoms. The van der Waals surface area contributed by atoms with Gasteiger partial charge < -0.3 is 5.32 Å². The van der Waals surface area contributed by atoms with Crippen LogP contribution in [0.2, 0.25) is 0 Å². The predicted octanol–water partition coefficient (Wildman–Crippen LogP) is 2.35. The Morgan fingerprint density at radius 2 is 2.00 bits per heavy atom. The SMILES string of the molecule is CC#CCN1CC(C(C)(C)C)NCC1C(C)C. The molecule has 2 atom stereocenters. The maximum atomic E-state index is 3.71. The van der Waals surface area contributed by atoms with Gasteiger partial charge in [-0.25, -0.2) is 0 Å². The van der Waals surface area contributed by atoms with Gasteiger partial charge in [-0.3, -0.25) is 4.90 Å². The molecule has 1 aliphatic rings. The van der Waals surface area contributed by atoms with Crippen LogP contribution in [-0.4, -0.2) is 36.6 Å². The van der Waals surface area contributed by atoms with Crippen LogP contribution in [0, 0.1) is 23.2 Å². The Labute approximate surface area is 107 Å². The Morgan fingerprint density at radius 3 is 2.47 bits per heavy atom. The molecular weight excluding hydrogens is 208 g/mol. The van der Waals surface area contributed by atoms with E-state index in [0.717, 1.165) is 19.6 Å². The Hall–Kier alpha value is -0.520. The first-order chi connectivity index (χ1) is 7.86. The van der Waals surface area contributed by atoms with Gasteiger partial charge in [0.05, 0.1) is 6.54 Å². The number of piperazine rings is 1. The maximum Gasteiger partial charge on any atom is 0.0604 e. The Morgan fingerprint density at radius 1 is 1.35 bits per heavy atom. The van der Waals surface area contributed by atoms with Crippen molar-refractivity contribution >= 4 is 0 Å². The molecule has 0 amide bonds. The van der Waals surface area contributed by atoms with Crippen molar-refractivity contribution in [1.82, 2.24) is 10.2 Å². The van der Waals surface area contributed by atoms with Crippen molar-refractivity contribution in [3.05, 3.63) is 0 Å². The maximum absolute atomic E-state index is 3.71. The van der Waals surface area contributed by atoms with Crippen LogP contribution in [0.3, 0.4) is 0 Å². The average molecular weight is 236 g/mol. The average Bonchev–Trinajstić information content (AvgIpc) is 2.24. The summed E-state index contributed by atoms with van der Waals surface area (Å²) >= 11 is 0. The second-order valence-corrected chi connectivity index (χ2v) is 6.49. The van der Waals surface area contributed by atoms with E-state index in [1.165, 1.54) is 0 Å². The van der Waals surface area contributed by atoms with E-state index in [4.69, 9.17) is 0 Å². The van der Waals surface area contributed by atoms with Crippen LogP contribution >= 0.6 is 0 Å². The molecular formula is C15H28N2. The largest absolute Gasteiger partial charge is 0.311 e. The third-order valence-corrected chi connectivity index (χ3v) is 3.73. The fourth-order valence-corrected chi connectivity index (χ4v) is 2.43. The standard InChI is InChI=1S/C15H28N2/c1-7-8-9-17-11-14(15(4,5)6)16-10-13(17)12(2)3/h12-14,16H,9-11H2,1-6H3. The molecule has 0 aliphatic carbocycles. The normalized spacial score (nSPS) is 26.8. The summed E-state index contributed by atoms with van der Waals surface area (Å²) < 4.78 is 0. The van der Waals surface area contributed by atoms with Gasteiger partial charge in [0.15, 0.2) is 0 Å². The number of hydrogen-bond donors (Lipinski definition) is 1. The fourth-order valence-electron chi connectivity index (χ4n) is 2.43. The minimum absolute atomic E-state index is 0.319. The van der Waals surface area contributed by atoms with E-state index in [1.807, 2.05) is 6.92 Å². The first kappa shape index (κ1) is 14.5. The molecule has 2 nitrogen and oxygen atoms in total. The number of nitrogens with zero attached hydrogens (tertiary/aromatic N) is 1. The smallest absolute Gasteiger partial charge is 0.0604 e. The van der Waals surface area contributed by atoms with Gasteiger partial charge in [-0.05, 0) is 18.3 Å². The zero-order valence-corrected chi connectivity index (χ0v) is 12.3. The molecule has 0 radical (unpaired) electrons. The zero-order chi connectivity index (χ0) is 13.1. The Balaban J connectivity index is 2.71. The first-order valence-corrected chi connectivity index (χ1v) is 6.73. The van der Waals surface area contributed by atoms with Crippen molar-refractivity contribution in [1.29, 1.82) is 0 Å². The summed E-state index contributed by atoms with van der Waals surface area (Å²) in [4.78, 5) is 2.55. The van der Waals surface area contributed by atoms with Gasteiger partial charge in [0.25, 0.3) is 0 Å². The molecule has 1 saturated heterocycles. The summed E-state index contributed by atoms with van der Waals surface area (Å²) in [5.74, 6) is 6.92. The van der Waals surface area contributed by atoms with Crippen molar-refractivity contribution in [2.24, 2.45) is 11.3 Å². The number of rotatable bonds is 2. The third-order valence-electron chi connectivity index (χ3n) is 3.73. The zero-order valence-electron chi connectivity index (χ0n) is 12.3. The minimum atomic E-state index is 0.319. The minimum Gasteiger partial charge on any atom is -0.311 e. The van der Waals surface area contributed by atoms with Crippen LogP contribution in [0.1, 0.15) is 41.5 Å². The number of nitrogens with one attached hydrogen (secondary N) is 1. The summed E-state index contributed by atoms with van der Waals surface area (Å²) in [6, 6.07) is 1.19. The van der Waals surface area contributed by atoms with E-state index < -0.39 is 0 Å². The predicted molar refractivity (Wildman–Crippen MR) is 74.9 cm³/mol. The highest BCUT2D eigenvalue weighted by molar-refractivity contribution is 5.02. The van der Waals surface area contributed by atoms with Crippen molar-refractivity contribution in [3.8, 4) is 11.8 Å². The van der Waals surface area contributed by atoms with Gasteiger partial charge in [0.1, 0.15) is 0 Å². The molecule has 98 valence electrons. The lowest BCUT2D eigenvalue weighted by atomic mass is 9.83. The molecule has 0 saturated carbocycles. The van der Waals surface area contributed by atoms with E-state index >= 15 is 0 Å². The van der Waals surface area contributed by atoms with Gasteiger partial charge in [-0.1, -0.05) is 40.5 Å². The third kappa shape index (κ3) is 4.01. The van der Waals surface area contributed by atoms with Crippen molar-refractivity contribution in [3.63, 3.8) is 0 Å². The van der Waals surface area contributed by atoms with Crippen molar-refractivity contribution in [2.75, 3.05) is 19.6 Å². The van der Waals surface area contributed by atoms with E-state index in [2.05, 4.69) is 56.7 Å². The van der Waals surface area contributed by atoms with Crippen LogP contribution in [-0.2, 0) is 0 Å². The molecule has 1 fully saturated rings. The Kier molecular flexibility index (Phi) is 5.04. The molecule has 0 aromatic heterocycles. The quantitative estimate of drug-likeness (QED) is 0.740. The van der Waals surface area contributed by atoms with Crippen molar-refractivity contribution in [2.45, 2.75) is 53.6 Å². The first-order valence-electron chi connectivity index (χ1n) is 6.73.